The zero-order chi connectivity index (χ0) is 11.3. The van der Waals surface area contributed by atoms with Crippen LogP contribution in [0.25, 0.3) is 0 Å². The van der Waals surface area contributed by atoms with Crippen LogP contribution >= 0.6 is 0 Å². The molecule has 1 heteroatoms. The molecule has 0 bridgehead atoms. The molecule has 15 heavy (non-hydrogen) atoms. The Hall–Kier alpha value is 0.0649. The van der Waals surface area contributed by atoms with Gasteiger partial charge in [0.15, 0.2) is 0 Å². The van der Waals surface area contributed by atoms with Gasteiger partial charge >= 0.3 is 0 Å². The van der Waals surface area contributed by atoms with Gasteiger partial charge in [0.2, 0.25) is 0 Å². The fourth-order valence-corrected chi connectivity index (χ4v) is 5.22. The molecule has 5 unspecified atom stereocenters. The van der Waals surface area contributed by atoms with Gasteiger partial charge < -0.3 is 0 Å². The normalized spacial score (nSPS) is 54.5. The lowest BCUT2D eigenvalue weighted by molar-refractivity contribution is 0.131. The average Bonchev–Trinajstić information content (AvgIpc) is 2.63. The summed E-state index contributed by atoms with van der Waals surface area (Å²) in [6, 6.07) is 0. The van der Waals surface area contributed by atoms with Crippen LogP contribution in [-0.4, -0.2) is 7.85 Å². The molecule has 0 saturated heterocycles. The van der Waals surface area contributed by atoms with Crippen LogP contribution in [-0.2, 0) is 0 Å². The summed E-state index contributed by atoms with van der Waals surface area (Å²) >= 11 is 0. The molecule has 0 nitrogen and oxygen atoms in total. The van der Waals surface area contributed by atoms with Crippen molar-refractivity contribution in [2.24, 2.45) is 23.2 Å². The zero-order valence-electron chi connectivity index (χ0n) is 10.8. The summed E-state index contributed by atoms with van der Waals surface area (Å²) in [4.78, 5) is 0. The second kappa shape index (κ2) is 3.53. The Kier molecular flexibility index (Phi) is 2.72. The molecule has 0 aromatic rings. The first kappa shape index (κ1) is 11.5. The van der Waals surface area contributed by atoms with E-state index in [9.17, 15) is 0 Å². The van der Waals surface area contributed by atoms with Crippen molar-refractivity contribution in [2.45, 2.75) is 65.1 Å². The predicted octanol–water partition coefficient (Wildman–Crippen LogP) is 4.21. The number of hydrogen-bond donors (Lipinski definition) is 0. The summed E-state index contributed by atoms with van der Waals surface area (Å²) < 4.78 is 0. The van der Waals surface area contributed by atoms with Gasteiger partial charge in [0.1, 0.15) is 0 Å². The lowest BCUT2D eigenvalue weighted by Crippen LogP contribution is -2.31. The van der Waals surface area contributed by atoms with E-state index in [1.807, 2.05) is 0 Å². The fraction of sp³-hybridized carbons (Fsp3) is 1.00. The Morgan fingerprint density at radius 2 is 1.93 bits per heavy atom. The van der Waals surface area contributed by atoms with Crippen molar-refractivity contribution in [1.82, 2.24) is 0 Å². The molecule has 2 fully saturated rings. The second-order valence-electron chi connectivity index (χ2n) is 6.39. The Labute approximate surface area is 96.6 Å². The van der Waals surface area contributed by atoms with E-state index in [1.54, 1.807) is 0 Å². The molecule has 84 valence electrons. The second-order valence-corrected chi connectivity index (χ2v) is 6.39. The Balaban J connectivity index is 2.36. The van der Waals surface area contributed by atoms with Crippen LogP contribution in [0.5, 0.6) is 0 Å². The van der Waals surface area contributed by atoms with Gasteiger partial charge in [-0.15, -0.1) is 0 Å². The molecule has 0 aromatic carbocycles. The molecule has 2 saturated carbocycles. The highest BCUT2D eigenvalue weighted by atomic mass is 14.6. The van der Waals surface area contributed by atoms with Crippen molar-refractivity contribution in [2.75, 3.05) is 0 Å². The van der Waals surface area contributed by atoms with E-state index in [4.69, 9.17) is 7.85 Å². The minimum atomic E-state index is 0.110. The van der Waals surface area contributed by atoms with Crippen LogP contribution in [0.2, 0.25) is 5.31 Å². The fourth-order valence-electron chi connectivity index (χ4n) is 5.22. The Morgan fingerprint density at radius 3 is 2.47 bits per heavy atom. The maximum atomic E-state index is 6.53. The lowest BCUT2D eigenvalue weighted by Gasteiger charge is -2.39. The van der Waals surface area contributed by atoms with E-state index in [-0.39, 0.29) is 5.31 Å². The van der Waals surface area contributed by atoms with E-state index in [0.717, 1.165) is 17.8 Å². The molecule has 0 amide bonds. The van der Waals surface area contributed by atoms with Crippen molar-refractivity contribution < 1.29 is 0 Å². The van der Waals surface area contributed by atoms with E-state index in [2.05, 4.69) is 27.7 Å². The number of rotatable bonds is 2. The molecule has 0 spiro atoms. The average molecular weight is 204 g/mol. The summed E-state index contributed by atoms with van der Waals surface area (Å²) in [5.74, 6) is 2.56. The molecule has 2 aliphatic rings. The molecular formula is C14H25B. The van der Waals surface area contributed by atoms with Crippen molar-refractivity contribution in [3.63, 3.8) is 0 Å². The number of fused-ring (bicyclic) bond motifs is 1. The third kappa shape index (κ3) is 1.41. The van der Waals surface area contributed by atoms with Gasteiger partial charge in [-0.25, -0.2) is 0 Å². The van der Waals surface area contributed by atoms with E-state index in [0.29, 0.717) is 5.41 Å². The third-order valence-corrected chi connectivity index (χ3v) is 5.65. The summed E-state index contributed by atoms with van der Waals surface area (Å²) in [5.41, 5.74) is 0.595. The highest BCUT2D eigenvalue weighted by Gasteiger charge is 2.59. The summed E-state index contributed by atoms with van der Waals surface area (Å²) in [6.07, 6.45) is 6.73. The largest absolute Gasteiger partial charge is 0.0746 e. The molecule has 0 N–H and O–H groups in total. The van der Waals surface area contributed by atoms with E-state index >= 15 is 0 Å². The van der Waals surface area contributed by atoms with Crippen LogP contribution in [0, 0.1) is 23.2 Å². The lowest BCUT2D eigenvalue weighted by atomic mass is 9.57. The van der Waals surface area contributed by atoms with Crippen molar-refractivity contribution in [3.8, 4) is 0 Å². The van der Waals surface area contributed by atoms with Gasteiger partial charge in [0.05, 0.1) is 7.85 Å². The molecule has 2 aliphatic carbocycles. The van der Waals surface area contributed by atoms with Crippen LogP contribution in [0.4, 0.5) is 0 Å². The molecular weight excluding hydrogens is 179 g/mol. The minimum Gasteiger partial charge on any atom is -0.0673 e. The van der Waals surface area contributed by atoms with Crippen molar-refractivity contribution in [3.05, 3.63) is 0 Å². The third-order valence-electron chi connectivity index (χ3n) is 5.65. The summed E-state index contributed by atoms with van der Waals surface area (Å²) in [7, 11) is 6.53. The van der Waals surface area contributed by atoms with E-state index in [1.165, 1.54) is 32.1 Å². The topological polar surface area (TPSA) is 0 Å². The molecule has 5 atom stereocenters. The first-order chi connectivity index (χ1) is 6.98. The van der Waals surface area contributed by atoms with Gasteiger partial charge in [0, 0.05) is 0 Å². The first-order valence-corrected chi connectivity index (χ1v) is 6.77. The van der Waals surface area contributed by atoms with Crippen LogP contribution in [0.1, 0.15) is 59.8 Å². The van der Waals surface area contributed by atoms with Crippen molar-refractivity contribution in [1.29, 1.82) is 0 Å². The van der Waals surface area contributed by atoms with Crippen LogP contribution < -0.4 is 0 Å². The van der Waals surface area contributed by atoms with Gasteiger partial charge in [-0.05, 0) is 42.4 Å². The van der Waals surface area contributed by atoms with Gasteiger partial charge in [-0.1, -0.05) is 45.9 Å². The SMILES string of the molecule is [B]C1(C)CCC2(CC)C(CC)CC(C)C12. The smallest absolute Gasteiger partial charge is 0.0673 e. The maximum absolute atomic E-state index is 6.53. The standard InChI is InChI=1S/C14H25B/c1-5-11-9-10(3)12-13(4,15)7-8-14(11,12)6-2/h10-12H,5-9H2,1-4H3. The molecule has 2 rings (SSSR count). The van der Waals surface area contributed by atoms with Crippen LogP contribution in [0.15, 0.2) is 0 Å². The predicted molar refractivity (Wildman–Crippen MR) is 67.1 cm³/mol. The van der Waals surface area contributed by atoms with E-state index < -0.39 is 0 Å². The molecule has 2 radical (unpaired) electrons. The number of hydrogen-bond acceptors (Lipinski definition) is 0. The highest BCUT2D eigenvalue weighted by molar-refractivity contribution is 6.15. The highest BCUT2D eigenvalue weighted by Crippen LogP contribution is 2.70. The molecule has 0 aliphatic heterocycles. The molecule has 0 aromatic heterocycles. The van der Waals surface area contributed by atoms with Gasteiger partial charge in [0.25, 0.3) is 0 Å². The van der Waals surface area contributed by atoms with Crippen LogP contribution in [0.3, 0.4) is 0 Å². The summed E-state index contributed by atoms with van der Waals surface area (Å²) in [5, 5.41) is 0.110. The monoisotopic (exact) mass is 204 g/mol. The van der Waals surface area contributed by atoms with Gasteiger partial charge in [-0.3, -0.25) is 0 Å². The first-order valence-electron chi connectivity index (χ1n) is 6.77. The zero-order valence-corrected chi connectivity index (χ0v) is 10.8. The minimum absolute atomic E-state index is 0.110. The van der Waals surface area contributed by atoms with Gasteiger partial charge in [-0.2, -0.15) is 0 Å². The Morgan fingerprint density at radius 1 is 1.27 bits per heavy atom. The Bertz CT molecular complexity index is 246. The quantitative estimate of drug-likeness (QED) is 0.591. The molecule has 0 heterocycles. The maximum Gasteiger partial charge on any atom is 0.0746 e. The van der Waals surface area contributed by atoms with Crippen molar-refractivity contribution >= 4 is 7.85 Å². The summed E-state index contributed by atoms with van der Waals surface area (Å²) in [6.45, 7) is 9.48.